The van der Waals surface area contributed by atoms with Crippen LogP contribution in [0.1, 0.15) is 41.7 Å². The average molecular weight is 303 g/mol. The summed E-state index contributed by atoms with van der Waals surface area (Å²) in [5, 5.41) is 3.63. The van der Waals surface area contributed by atoms with Crippen molar-refractivity contribution < 1.29 is 4.79 Å². The van der Waals surface area contributed by atoms with E-state index in [0.717, 1.165) is 12.0 Å². The number of carbonyl (C=O) groups excluding carboxylic acids is 1. The van der Waals surface area contributed by atoms with Gasteiger partial charge < -0.3 is 11.1 Å². The van der Waals surface area contributed by atoms with Gasteiger partial charge in [0.15, 0.2) is 0 Å². The topological polar surface area (TPSA) is 68.0 Å². The summed E-state index contributed by atoms with van der Waals surface area (Å²) >= 11 is 1.84. The van der Waals surface area contributed by atoms with Crippen LogP contribution in [0.2, 0.25) is 0 Å². The zero-order valence-electron chi connectivity index (χ0n) is 12.3. The Kier molecular flexibility index (Phi) is 6.09. The van der Waals surface area contributed by atoms with Crippen LogP contribution in [0.4, 0.5) is 0 Å². The maximum Gasteiger partial charge on any atom is 0.270 e. The van der Waals surface area contributed by atoms with Crippen LogP contribution in [-0.4, -0.2) is 35.0 Å². The number of aromatic nitrogens is 1. The summed E-state index contributed by atoms with van der Waals surface area (Å²) in [5.41, 5.74) is 6.54. The molecule has 0 aliphatic heterocycles. The maximum absolute atomic E-state index is 12.3. The van der Waals surface area contributed by atoms with Gasteiger partial charge in [-0.3, -0.25) is 4.79 Å². The van der Waals surface area contributed by atoms with Gasteiger partial charge in [-0.2, -0.15) is 11.8 Å². The second kappa shape index (κ2) is 8.06. The van der Waals surface area contributed by atoms with E-state index in [1.54, 1.807) is 18.3 Å². The summed E-state index contributed by atoms with van der Waals surface area (Å²) in [6.45, 7) is 0.319. The van der Waals surface area contributed by atoms with Crippen molar-refractivity contribution in [2.45, 2.75) is 37.0 Å². The molecule has 1 amide bonds. The molecule has 0 bridgehead atoms. The zero-order valence-corrected chi connectivity index (χ0v) is 13.1. The molecule has 2 rings (SSSR count). The highest BCUT2D eigenvalue weighted by Gasteiger charge is 2.26. The van der Waals surface area contributed by atoms with Crippen LogP contribution in [0.3, 0.4) is 0 Å². The first kappa shape index (κ1) is 15.9. The number of thioether (sulfide) groups is 1. The number of nitrogens with two attached hydrogens (primary N) is 1. The predicted molar refractivity (Wildman–Crippen MR) is 87.2 cm³/mol. The van der Waals surface area contributed by atoms with Crippen molar-refractivity contribution >= 4 is 17.7 Å². The number of nitrogens with zero attached hydrogens (tertiary/aromatic N) is 1. The second-order valence-corrected chi connectivity index (χ2v) is 6.15. The minimum atomic E-state index is -0.0979. The molecule has 2 atom stereocenters. The van der Waals surface area contributed by atoms with Crippen molar-refractivity contribution in [2.24, 2.45) is 5.73 Å². The first-order valence-electron chi connectivity index (χ1n) is 7.23. The Labute approximate surface area is 130 Å². The third-order valence-corrected chi connectivity index (χ3v) is 4.82. The highest BCUT2D eigenvalue weighted by atomic mass is 32.2. The van der Waals surface area contributed by atoms with Crippen LogP contribution in [0.25, 0.3) is 0 Å². The Bertz CT molecular complexity index is 533. The molecule has 1 aromatic rings. The van der Waals surface area contributed by atoms with Gasteiger partial charge in [0.1, 0.15) is 5.69 Å². The van der Waals surface area contributed by atoms with Crippen molar-refractivity contribution in [3.05, 3.63) is 29.6 Å². The van der Waals surface area contributed by atoms with Crippen molar-refractivity contribution in [1.29, 1.82) is 0 Å². The fourth-order valence-corrected chi connectivity index (χ4v) is 3.48. The van der Waals surface area contributed by atoms with E-state index >= 15 is 0 Å². The van der Waals surface area contributed by atoms with E-state index in [0.29, 0.717) is 17.5 Å². The molecule has 3 N–H and O–H groups in total. The van der Waals surface area contributed by atoms with E-state index in [2.05, 4.69) is 28.4 Å². The fraction of sp³-hybridized carbons (Fsp3) is 0.500. The SMILES string of the molecule is CSC1CCCCC1NC(=O)c1ccc(C#CCN)cn1. The van der Waals surface area contributed by atoms with Crippen molar-refractivity contribution in [3.63, 3.8) is 0 Å². The lowest BCUT2D eigenvalue weighted by Gasteiger charge is -2.30. The summed E-state index contributed by atoms with van der Waals surface area (Å²) in [7, 11) is 0. The number of pyridine rings is 1. The van der Waals surface area contributed by atoms with Crippen molar-refractivity contribution in [1.82, 2.24) is 10.3 Å². The average Bonchev–Trinajstić information content (AvgIpc) is 2.54. The van der Waals surface area contributed by atoms with Crippen LogP contribution in [0.5, 0.6) is 0 Å². The van der Waals surface area contributed by atoms with E-state index in [1.807, 2.05) is 11.8 Å². The van der Waals surface area contributed by atoms with Crippen LogP contribution in [0.15, 0.2) is 18.3 Å². The third kappa shape index (κ3) is 4.48. The first-order valence-corrected chi connectivity index (χ1v) is 8.52. The molecule has 1 aliphatic carbocycles. The molecule has 1 aromatic heterocycles. The van der Waals surface area contributed by atoms with Gasteiger partial charge >= 0.3 is 0 Å². The molecule has 0 radical (unpaired) electrons. The van der Waals surface area contributed by atoms with Crippen LogP contribution < -0.4 is 11.1 Å². The minimum Gasteiger partial charge on any atom is -0.347 e. The number of amides is 1. The van der Waals surface area contributed by atoms with E-state index in [-0.39, 0.29) is 11.9 Å². The minimum absolute atomic E-state index is 0.0979. The molecule has 1 saturated carbocycles. The monoisotopic (exact) mass is 303 g/mol. The molecule has 1 fully saturated rings. The van der Waals surface area contributed by atoms with E-state index in [4.69, 9.17) is 5.73 Å². The van der Waals surface area contributed by atoms with E-state index in [1.165, 1.54) is 19.3 Å². The van der Waals surface area contributed by atoms with E-state index < -0.39 is 0 Å². The Balaban J connectivity index is 1.99. The Morgan fingerprint density at radius 3 is 2.95 bits per heavy atom. The molecule has 0 saturated heterocycles. The summed E-state index contributed by atoms with van der Waals surface area (Å²) in [6.07, 6.45) is 8.39. The lowest BCUT2D eigenvalue weighted by Crippen LogP contribution is -2.43. The molecular weight excluding hydrogens is 282 g/mol. The van der Waals surface area contributed by atoms with Crippen molar-refractivity contribution in [2.75, 3.05) is 12.8 Å². The fourth-order valence-electron chi connectivity index (χ4n) is 2.54. The zero-order chi connectivity index (χ0) is 15.1. The molecule has 4 nitrogen and oxygen atoms in total. The first-order chi connectivity index (χ1) is 10.2. The Hall–Kier alpha value is -1.51. The molecule has 0 aromatic carbocycles. The highest BCUT2D eigenvalue weighted by molar-refractivity contribution is 7.99. The summed E-state index contributed by atoms with van der Waals surface area (Å²) in [5.74, 6) is 5.56. The number of hydrogen-bond donors (Lipinski definition) is 2. The van der Waals surface area contributed by atoms with E-state index in [9.17, 15) is 4.79 Å². The predicted octanol–water partition coefficient (Wildman–Crippen LogP) is 1.80. The van der Waals surface area contributed by atoms with Gasteiger partial charge in [-0.05, 0) is 31.2 Å². The molecule has 112 valence electrons. The van der Waals surface area contributed by atoms with Gasteiger partial charge in [-0.1, -0.05) is 24.7 Å². The largest absolute Gasteiger partial charge is 0.347 e. The Morgan fingerprint density at radius 2 is 2.29 bits per heavy atom. The maximum atomic E-state index is 12.3. The number of rotatable bonds is 3. The molecule has 2 unspecified atom stereocenters. The summed E-state index contributed by atoms with van der Waals surface area (Å²) < 4.78 is 0. The van der Waals surface area contributed by atoms with Crippen LogP contribution >= 0.6 is 11.8 Å². The third-order valence-electron chi connectivity index (χ3n) is 3.65. The molecule has 5 heteroatoms. The smallest absolute Gasteiger partial charge is 0.270 e. The highest BCUT2D eigenvalue weighted by Crippen LogP contribution is 2.27. The summed E-state index contributed by atoms with van der Waals surface area (Å²) in [6, 6.07) is 3.77. The molecule has 1 heterocycles. The number of carbonyl (C=O) groups is 1. The lowest BCUT2D eigenvalue weighted by atomic mass is 9.94. The molecule has 1 aliphatic rings. The van der Waals surface area contributed by atoms with Gasteiger partial charge in [-0.15, -0.1) is 0 Å². The lowest BCUT2D eigenvalue weighted by molar-refractivity contribution is 0.0924. The molecular formula is C16H21N3OS. The van der Waals surface area contributed by atoms with Crippen LogP contribution in [-0.2, 0) is 0 Å². The number of hydrogen-bond acceptors (Lipinski definition) is 4. The standard InChI is InChI=1S/C16H21N3OS/c1-21-15-7-3-2-6-13(15)19-16(20)14-9-8-12(11-18-14)5-4-10-17/h8-9,11,13,15H,2-3,6-7,10,17H2,1H3,(H,19,20). The Morgan fingerprint density at radius 1 is 1.48 bits per heavy atom. The summed E-state index contributed by atoms with van der Waals surface area (Å²) in [4.78, 5) is 16.4. The second-order valence-electron chi connectivity index (χ2n) is 5.08. The normalized spacial score (nSPS) is 21.2. The molecule has 21 heavy (non-hydrogen) atoms. The molecule has 0 spiro atoms. The quantitative estimate of drug-likeness (QED) is 0.836. The van der Waals surface area contributed by atoms with Crippen LogP contribution in [0, 0.1) is 11.8 Å². The van der Waals surface area contributed by atoms with Gasteiger partial charge in [-0.25, -0.2) is 4.98 Å². The van der Waals surface area contributed by atoms with Gasteiger partial charge in [0.2, 0.25) is 0 Å². The van der Waals surface area contributed by atoms with Gasteiger partial charge in [0.25, 0.3) is 5.91 Å². The van der Waals surface area contributed by atoms with Crippen molar-refractivity contribution in [3.8, 4) is 11.8 Å². The number of nitrogens with one attached hydrogen (secondary N) is 1. The van der Waals surface area contributed by atoms with Gasteiger partial charge in [0.05, 0.1) is 6.54 Å². The van der Waals surface area contributed by atoms with Gasteiger partial charge in [0, 0.05) is 23.1 Å².